The van der Waals surface area contributed by atoms with E-state index in [2.05, 4.69) is 24.6 Å². The number of hydrogen-bond acceptors (Lipinski definition) is 5. The Morgan fingerprint density at radius 1 is 1.17 bits per heavy atom. The molecule has 0 N–H and O–H groups in total. The topological polar surface area (TPSA) is 62.6 Å². The number of hydrogen-bond donors (Lipinski definition) is 0. The first-order valence-corrected chi connectivity index (χ1v) is 13.5. The second kappa shape index (κ2) is 8.98. The quantitative estimate of drug-likeness (QED) is 0.201. The molecule has 0 saturated carbocycles. The molecule has 29 heavy (non-hydrogen) atoms. The van der Waals surface area contributed by atoms with Crippen LogP contribution >= 0.6 is 11.6 Å². The van der Waals surface area contributed by atoms with E-state index >= 15 is 0 Å². The Bertz CT molecular complexity index is 1010. The third kappa shape index (κ3) is 5.38. The van der Waals surface area contributed by atoms with Crippen LogP contribution in [0.5, 0.6) is 11.5 Å². The Morgan fingerprint density at radius 3 is 2.66 bits per heavy atom. The molecule has 0 aliphatic heterocycles. The minimum atomic E-state index is -1.14. The fourth-order valence-corrected chi connectivity index (χ4v) is 3.72. The average molecular weight is 433 g/mol. The number of fused-ring (bicyclic) bond motifs is 1. The maximum Gasteiger partial charge on any atom is 0.341 e. The van der Waals surface area contributed by atoms with Crippen molar-refractivity contribution in [3.05, 3.63) is 53.3 Å². The van der Waals surface area contributed by atoms with Gasteiger partial charge < -0.3 is 18.8 Å². The van der Waals surface area contributed by atoms with Crippen molar-refractivity contribution in [3.63, 3.8) is 0 Å². The SMILES string of the molecule is COC(=O)c1ccccc1Oc1cc(Cl)nc2c1ccn2COCC[Si](C)(C)C. The van der Waals surface area contributed by atoms with Gasteiger partial charge in [-0.15, -0.1) is 0 Å². The molecule has 1 aromatic carbocycles. The standard InChI is InChI=1S/C21H25ClN2O4Si/c1-26-21(25)16-7-5-6-8-17(16)28-18-13-19(22)23-20-15(18)9-10-24(20)14-27-11-12-29(2,3)4/h5-10,13H,11-12,14H2,1-4H3. The minimum Gasteiger partial charge on any atom is -0.465 e. The minimum absolute atomic E-state index is 0.296. The average Bonchev–Trinajstić information content (AvgIpc) is 3.07. The van der Waals surface area contributed by atoms with Crippen LogP contribution in [0.3, 0.4) is 0 Å². The zero-order valence-corrected chi connectivity index (χ0v) is 18.8. The Kier molecular flexibility index (Phi) is 6.62. The van der Waals surface area contributed by atoms with Gasteiger partial charge in [-0.2, -0.15) is 0 Å². The molecule has 0 aliphatic rings. The summed E-state index contributed by atoms with van der Waals surface area (Å²) in [5, 5.41) is 1.08. The summed E-state index contributed by atoms with van der Waals surface area (Å²) in [6.07, 6.45) is 1.89. The maximum absolute atomic E-state index is 12.0. The van der Waals surface area contributed by atoms with Crippen molar-refractivity contribution in [2.24, 2.45) is 0 Å². The molecule has 2 aromatic heterocycles. The summed E-state index contributed by atoms with van der Waals surface area (Å²) in [7, 11) is 0.195. The molecule has 8 heteroatoms. The summed E-state index contributed by atoms with van der Waals surface area (Å²) < 4.78 is 18.6. The van der Waals surface area contributed by atoms with Crippen molar-refractivity contribution in [2.45, 2.75) is 32.4 Å². The Hall–Kier alpha value is -2.35. The summed E-state index contributed by atoms with van der Waals surface area (Å²) in [6, 6.07) is 11.5. The largest absolute Gasteiger partial charge is 0.465 e. The molecule has 0 atom stereocenters. The Balaban J connectivity index is 1.85. The molecular formula is C21H25ClN2O4Si. The van der Waals surface area contributed by atoms with Crippen LogP contribution in [0, 0.1) is 0 Å². The number of carbonyl (C=O) groups excluding carboxylic acids is 1. The molecule has 0 fully saturated rings. The van der Waals surface area contributed by atoms with E-state index in [1.807, 2.05) is 16.8 Å². The van der Waals surface area contributed by atoms with E-state index in [1.165, 1.54) is 7.11 Å². The highest BCUT2D eigenvalue weighted by atomic mass is 35.5. The third-order valence-electron chi connectivity index (χ3n) is 4.40. The zero-order valence-electron chi connectivity index (χ0n) is 17.1. The molecule has 2 heterocycles. The van der Waals surface area contributed by atoms with Crippen molar-refractivity contribution in [3.8, 4) is 11.5 Å². The van der Waals surface area contributed by atoms with Crippen LogP contribution in [0.4, 0.5) is 0 Å². The van der Waals surface area contributed by atoms with Gasteiger partial charge in [0.25, 0.3) is 0 Å². The lowest BCUT2D eigenvalue weighted by Gasteiger charge is -2.15. The second-order valence-electron chi connectivity index (χ2n) is 7.90. The Labute approximate surface area is 176 Å². The number of benzene rings is 1. The number of methoxy groups -OCH3 is 1. The monoisotopic (exact) mass is 432 g/mol. The summed E-state index contributed by atoms with van der Waals surface area (Å²) in [6.45, 7) is 8.06. The van der Waals surface area contributed by atoms with Crippen LogP contribution in [0.1, 0.15) is 10.4 Å². The van der Waals surface area contributed by atoms with Gasteiger partial charge in [0.15, 0.2) is 0 Å². The van der Waals surface area contributed by atoms with Crippen LogP contribution in [0.2, 0.25) is 30.8 Å². The van der Waals surface area contributed by atoms with Gasteiger partial charge in [0.1, 0.15) is 34.6 Å². The van der Waals surface area contributed by atoms with Crippen molar-refractivity contribution in [1.29, 1.82) is 0 Å². The van der Waals surface area contributed by atoms with Crippen LogP contribution in [0.25, 0.3) is 11.0 Å². The van der Waals surface area contributed by atoms with E-state index in [-0.39, 0.29) is 0 Å². The molecule has 0 amide bonds. The predicted molar refractivity (Wildman–Crippen MR) is 117 cm³/mol. The van der Waals surface area contributed by atoms with Gasteiger partial charge >= 0.3 is 5.97 Å². The maximum atomic E-state index is 12.0. The molecule has 3 aromatic rings. The normalized spacial score (nSPS) is 11.6. The molecule has 0 spiro atoms. The van der Waals surface area contributed by atoms with E-state index in [1.54, 1.807) is 30.3 Å². The first-order chi connectivity index (χ1) is 13.8. The van der Waals surface area contributed by atoms with Gasteiger partial charge in [-0.3, -0.25) is 0 Å². The van der Waals surface area contributed by atoms with Crippen molar-refractivity contribution in [1.82, 2.24) is 9.55 Å². The van der Waals surface area contributed by atoms with Gasteiger partial charge in [0.05, 0.1) is 12.5 Å². The molecular weight excluding hydrogens is 408 g/mol. The molecule has 3 rings (SSSR count). The van der Waals surface area contributed by atoms with Crippen molar-refractivity contribution >= 4 is 36.7 Å². The lowest BCUT2D eigenvalue weighted by molar-refractivity contribution is 0.0598. The van der Waals surface area contributed by atoms with Gasteiger partial charge in [-0.1, -0.05) is 43.4 Å². The number of para-hydroxylation sites is 1. The van der Waals surface area contributed by atoms with Crippen molar-refractivity contribution < 1.29 is 19.0 Å². The first kappa shape index (κ1) is 21.4. The van der Waals surface area contributed by atoms with Gasteiger partial charge in [0.2, 0.25) is 0 Å². The molecule has 0 saturated heterocycles. The number of ether oxygens (including phenoxy) is 3. The highest BCUT2D eigenvalue weighted by Gasteiger charge is 2.17. The Morgan fingerprint density at radius 2 is 1.93 bits per heavy atom. The molecule has 0 aliphatic carbocycles. The van der Waals surface area contributed by atoms with Crippen LogP contribution in [0.15, 0.2) is 42.6 Å². The summed E-state index contributed by atoms with van der Waals surface area (Å²) in [4.78, 5) is 16.4. The smallest absolute Gasteiger partial charge is 0.341 e. The molecule has 0 bridgehead atoms. The molecule has 0 radical (unpaired) electrons. The molecule has 154 valence electrons. The van der Waals surface area contributed by atoms with E-state index in [0.717, 1.165) is 11.4 Å². The number of pyridine rings is 1. The molecule has 0 unspecified atom stereocenters. The highest BCUT2D eigenvalue weighted by Crippen LogP contribution is 2.33. The summed E-state index contributed by atoms with van der Waals surface area (Å²) in [5.41, 5.74) is 1.00. The van der Waals surface area contributed by atoms with E-state index < -0.39 is 14.0 Å². The van der Waals surface area contributed by atoms with Crippen LogP contribution < -0.4 is 4.74 Å². The van der Waals surface area contributed by atoms with E-state index in [0.29, 0.717) is 41.2 Å². The number of rotatable bonds is 8. The van der Waals surface area contributed by atoms with Gasteiger partial charge in [0, 0.05) is 26.9 Å². The predicted octanol–water partition coefficient (Wildman–Crippen LogP) is 5.58. The fraction of sp³-hybridized carbons (Fsp3) is 0.333. The summed E-state index contributed by atoms with van der Waals surface area (Å²) in [5.74, 6) is 0.435. The summed E-state index contributed by atoms with van der Waals surface area (Å²) >= 11 is 6.24. The first-order valence-electron chi connectivity index (χ1n) is 9.37. The zero-order chi connectivity index (χ0) is 21.0. The van der Waals surface area contributed by atoms with Crippen LogP contribution in [-0.2, 0) is 16.2 Å². The van der Waals surface area contributed by atoms with Crippen molar-refractivity contribution in [2.75, 3.05) is 13.7 Å². The van der Waals surface area contributed by atoms with E-state index in [9.17, 15) is 4.79 Å². The lowest BCUT2D eigenvalue weighted by atomic mass is 10.2. The lowest BCUT2D eigenvalue weighted by Crippen LogP contribution is -2.22. The van der Waals surface area contributed by atoms with Gasteiger partial charge in [-0.25, -0.2) is 9.78 Å². The number of carbonyl (C=O) groups is 1. The molecule has 6 nitrogen and oxygen atoms in total. The second-order valence-corrected chi connectivity index (χ2v) is 13.9. The van der Waals surface area contributed by atoms with Gasteiger partial charge in [-0.05, 0) is 24.2 Å². The number of aromatic nitrogens is 2. The third-order valence-corrected chi connectivity index (χ3v) is 6.30. The number of esters is 1. The van der Waals surface area contributed by atoms with Crippen LogP contribution in [-0.4, -0.2) is 37.3 Å². The van der Waals surface area contributed by atoms with E-state index in [4.69, 9.17) is 25.8 Å². The highest BCUT2D eigenvalue weighted by molar-refractivity contribution is 6.76. The fourth-order valence-electron chi connectivity index (χ4n) is 2.78. The number of nitrogens with zero attached hydrogens (tertiary/aromatic N) is 2. The number of halogens is 1.